The summed E-state index contributed by atoms with van der Waals surface area (Å²) in [5.41, 5.74) is -3.76. The van der Waals surface area contributed by atoms with Crippen molar-refractivity contribution in [3.8, 4) is 5.75 Å². The van der Waals surface area contributed by atoms with E-state index in [2.05, 4.69) is 14.3 Å². The molecule has 1 aromatic carbocycles. The molecule has 0 atom stereocenters. The molecule has 108 valence electrons. The third-order valence-corrected chi connectivity index (χ3v) is 1.92. The molecule has 0 radical (unpaired) electrons. The molecule has 0 aliphatic carbocycles. The molecule has 6 heteroatoms. The second-order valence-corrected chi connectivity index (χ2v) is 4.01. The van der Waals surface area contributed by atoms with Crippen LogP contribution in [0.2, 0.25) is 0 Å². The Kier molecular flexibility index (Phi) is 1.19. The molecule has 0 bridgehead atoms. The summed E-state index contributed by atoms with van der Waals surface area (Å²) in [5.74, 6) is -10.3. The first-order chi connectivity index (χ1) is 17.4. The number of hydrogen-bond donors (Lipinski definition) is 2. The van der Waals surface area contributed by atoms with E-state index in [1.807, 2.05) is 0 Å². The van der Waals surface area contributed by atoms with Crippen molar-refractivity contribution in [1.29, 1.82) is 2.86 Å². The number of ether oxygens (including phenoxy) is 1. The zero-order valence-corrected chi connectivity index (χ0v) is 9.88. The predicted octanol–water partition coefficient (Wildman–Crippen LogP) is 3.38. The van der Waals surface area contributed by atoms with Crippen LogP contribution in [0.3, 0.4) is 0 Å². The summed E-state index contributed by atoms with van der Waals surface area (Å²) in [6.07, 6.45) is 0. The largest absolute Gasteiger partial charge is 0.472 e. The van der Waals surface area contributed by atoms with Crippen molar-refractivity contribution in [2.24, 2.45) is 0 Å². The van der Waals surface area contributed by atoms with Gasteiger partial charge in [-0.1, -0.05) is 45.5 Å². The van der Waals surface area contributed by atoms with Crippen molar-refractivity contribution in [2.75, 3.05) is 6.75 Å². The van der Waals surface area contributed by atoms with Gasteiger partial charge in [-0.05, 0) is 22.9 Å². The van der Waals surface area contributed by atoms with Crippen molar-refractivity contribution in [3.05, 3.63) is 29.3 Å². The molecule has 0 unspecified atom stereocenters. The highest BCUT2D eigenvalue weighted by Gasteiger charge is 2.18. The molecule has 0 aliphatic heterocycles. The molecule has 0 amide bonds. The van der Waals surface area contributed by atoms with Crippen LogP contribution in [0, 0.1) is 0 Å². The minimum atomic E-state index is -5.55. The maximum atomic E-state index is 12.0. The molecule has 2 N–H and O–H groups in total. The van der Waals surface area contributed by atoms with E-state index in [9.17, 15) is 4.57 Å². The van der Waals surface area contributed by atoms with Crippen LogP contribution in [-0.4, -0.2) is 19.4 Å². The summed E-state index contributed by atoms with van der Waals surface area (Å²) in [7, 11) is -5.55. The average Bonchev–Trinajstić information content (AvgIpc) is 2.73. The van der Waals surface area contributed by atoms with Gasteiger partial charge in [0.25, 0.3) is 0 Å². The Balaban J connectivity index is 4.67. The van der Waals surface area contributed by atoms with Crippen LogP contribution in [0.5, 0.6) is 5.75 Å². The molecule has 0 heterocycles. The van der Waals surface area contributed by atoms with Gasteiger partial charge >= 0.3 is 7.82 Å². The zero-order chi connectivity index (χ0) is 32.3. The molecule has 0 spiro atoms. The average molecular weight is 309 g/mol. The van der Waals surface area contributed by atoms with E-state index >= 15 is 0 Å². The lowest BCUT2D eigenvalue weighted by Gasteiger charge is -2.19. The fourth-order valence-electron chi connectivity index (χ4n) is 0.955. The maximum absolute atomic E-state index is 12.0. The molecule has 0 aliphatic rings. The van der Waals surface area contributed by atoms with Crippen molar-refractivity contribution in [1.82, 2.24) is 0 Å². The van der Waals surface area contributed by atoms with Crippen molar-refractivity contribution in [2.45, 2.75) is 39.2 Å². The zero-order valence-electron chi connectivity index (χ0n) is 30.0. The Morgan fingerprint density at radius 3 is 2.47 bits per heavy atom. The topological polar surface area (TPSA) is 76.0 Å². The lowest BCUT2D eigenvalue weighted by Crippen LogP contribution is -2.07. The maximum Gasteiger partial charge on any atom is 0.472 e. The van der Waals surface area contributed by atoms with Crippen molar-refractivity contribution in [3.63, 3.8) is 0 Å². The van der Waals surface area contributed by atoms with E-state index in [0.717, 1.165) is 0 Å². The standard InChI is InChI=1S/C13H21O5P/c1-9(2)11-6-5-7-12(10(3)4)13(11)17-8-18-19(14,15)16/h5-7,9-10H,8H2,1-4H3,(H2,14,15,16)/i1D3,2D3,3D3,4D3,5D,6D,7D,8D2,9D,10D/hD2. The number of para-hydroxylation sites is 1. The fourth-order valence-corrected chi connectivity index (χ4v) is 1.08. The van der Waals surface area contributed by atoms with E-state index in [-0.39, 0.29) is 0 Å². The van der Waals surface area contributed by atoms with E-state index in [1.54, 1.807) is 0 Å². The van der Waals surface area contributed by atoms with Crippen LogP contribution in [0.1, 0.15) is 76.4 Å². The number of rotatable bonds is 8. The molecular formula is C13H21O5P. The second kappa shape index (κ2) is 6.53. The fraction of sp³-hybridized carbons (Fsp3) is 0.538. The quantitative estimate of drug-likeness (QED) is 0.568. The first-order valence-corrected chi connectivity index (χ1v) is 5.80. The van der Waals surface area contributed by atoms with Gasteiger partial charge in [-0.3, -0.25) is 0 Å². The SMILES string of the molecule is [2H]OP(=O)(O[2H])OC([2H])([2H])Oc1c(C([2H])(C([2H])([2H])[2H])C([2H])([2H])[2H])c([2H])c([2H])c([2H])c1C([2H])(C([2H])([2H])[2H])C([2H])([2H])[2H]. The smallest absolute Gasteiger partial charge is 0.466 e. The van der Waals surface area contributed by atoms with Crippen molar-refractivity contribution >= 4 is 7.82 Å². The monoisotopic (exact) mass is 309 g/mol. The summed E-state index contributed by atoms with van der Waals surface area (Å²) in [6.45, 7) is -20.5. The Morgan fingerprint density at radius 1 is 1.42 bits per heavy atom. The van der Waals surface area contributed by atoms with Gasteiger partial charge in [0.05, 0.1) is 4.11 Å². The molecule has 0 saturated heterocycles. The van der Waals surface area contributed by atoms with Crippen LogP contribution in [0.4, 0.5) is 0 Å². The first kappa shape index (κ1) is 3.47. The van der Waals surface area contributed by atoms with Crippen LogP contribution in [0.15, 0.2) is 18.1 Å². The van der Waals surface area contributed by atoms with Gasteiger partial charge in [0.2, 0.25) is 2.86 Å². The highest BCUT2D eigenvalue weighted by atomic mass is 31.2. The van der Waals surface area contributed by atoms with Crippen LogP contribution < -0.4 is 4.74 Å². The number of hydrogen-bond acceptors (Lipinski definition) is 5. The highest BCUT2D eigenvalue weighted by molar-refractivity contribution is 7.46. The summed E-state index contributed by atoms with van der Waals surface area (Å²) in [4.78, 5) is 6.91. The van der Waals surface area contributed by atoms with Gasteiger partial charge in [-0.15, -0.1) is 0 Å². The van der Waals surface area contributed by atoms with Crippen LogP contribution in [-0.2, 0) is 9.09 Å². The van der Waals surface area contributed by atoms with E-state index in [1.165, 1.54) is 0 Å². The molecule has 5 nitrogen and oxygen atoms in total. The third kappa shape index (κ3) is 4.96. The third-order valence-electron chi connectivity index (χ3n) is 1.62. The van der Waals surface area contributed by atoms with Gasteiger partial charge in [-0.2, -0.15) is 0 Å². The van der Waals surface area contributed by atoms with Crippen molar-refractivity contribution < 1.29 is 49.7 Å². The van der Waals surface area contributed by atoms with Crippen LogP contribution in [0.25, 0.3) is 0 Å². The number of phosphoric ester groups is 1. The Hall–Kier alpha value is -0.870. The molecule has 1 aromatic rings. The minimum Gasteiger partial charge on any atom is -0.466 e. The van der Waals surface area contributed by atoms with Gasteiger partial charge in [-0.25, -0.2) is 9.09 Å². The summed E-state index contributed by atoms with van der Waals surface area (Å²) >= 11 is 0. The Labute approximate surface area is 143 Å². The molecular weight excluding hydrogens is 267 g/mol. The van der Waals surface area contributed by atoms with Gasteiger partial charge in [0, 0.05) is 19.2 Å². The van der Waals surface area contributed by atoms with E-state index in [0.29, 0.717) is 0 Å². The molecule has 0 saturated carbocycles. The number of benzene rings is 1. The molecule has 0 fully saturated rings. The highest BCUT2D eigenvalue weighted by Crippen LogP contribution is 2.38. The Morgan fingerprint density at radius 2 is 2.00 bits per heavy atom. The predicted molar refractivity (Wildman–Crippen MR) is 73.2 cm³/mol. The molecule has 1 rings (SSSR count). The second-order valence-electron chi connectivity index (χ2n) is 2.93. The molecule has 0 aromatic heterocycles. The summed E-state index contributed by atoms with van der Waals surface area (Å²) in [5, 5.41) is 0. The van der Waals surface area contributed by atoms with E-state index < -0.39 is 88.8 Å². The van der Waals surface area contributed by atoms with Gasteiger partial charge in [0.15, 0.2) is 6.75 Å². The normalized spacial score (nSPS) is 32.7. The summed E-state index contributed by atoms with van der Waals surface area (Å²) in [6, 6.07) is -4.88. The lowest BCUT2D eigenvalue weighted by atomic mass is 9.94. The van der Waals surface area contributed by atoms with E-state index in [4.69, 9.17) is 33.6 Å². The van der Waals surface area contributed by atoms with Crippen LogP contribution >= 0.6 is 7.82 Å². The number of phosphoric acid groups is 1. The summed E-state index contributed by atoms with van der Waals surface area (Å²) < 4.78 is 184. The Bertz CT molecular complexity index is 1050. The minimum absolute atomic E-state index is 1.57. The van der Waals surface area contributed by atoms with Gasteiger partial charge < -0.3 is 14.5 Å². The molecule has 19 heavy (non-hydrogen) atoms. The van der Waals surface area contributed by atoms with Gasteiger partial charge in [0.1, 0.15) is 8.49 Å². The first-order valence-electron chi connectivity index (χ1n) is 14.7. The lowest BCUT2D eigenvalue weighted by molar-refractivity contribution is 0.0811.